The number of hydrogen-bond donors (Lipinski definition) is 2. The van der Waals surface area contributed by atoms with Gasteiger partial charge < -0.3 is 10.6 Å². The molecule has 0 aromatic heterocycles. The molecule has 1 aliphatic heterocycles. The van der Waals surface area contributed by atoms with Crippen LogP contribution < -0.4 is 10.6 Å². The Morgan fingerprint density at radius 3 is 2.27 bits per heavy atom. The highest BCUT2D eigenvalue weighted by Crippen LogP contribution is 2.23. The number of aryl methyl sites for hydroxylation is 1. The fraction of sp³-hybridized carbons (Fsp3) is 0.316. The van der Waals surface area contributed by atoms with E-state index in [0.29, 0.717) is 30.8 Å². The van der Waals surface area contributed by atoms with Gasteiger partial charge in [-0.2, -0.15) is 4.31 Å². The summed E-state index contributed by atoms with van der Waals surface area (Å²) in [5.74, 6) is 0. The van der Waals surface area contributed by atoms with Gasteiger partial charge >= 0.3 is 6.03 Å². The predicted molar refractivity (Wildman–Crippen MR) is 102 cm³/mol. The van der Waals surface area contributed by atoms with Crippen molar-refractivity contribution >= 4 is 21.7 Å². The Bertz CT molecular complexity index is 861. The van der Waals surface area contributed by atoms with Gasteiger partial charge in [0.2, 0.25) is 10.0 Å². The van der Waals surface area contributed by atoms with Gasteiger partial charge in [0.05, 0.1) is 4.90 Å². The molecule has 0 unspecified atom stereocenters. The highest BCUT2D eigenvalue weighted by atomic mass is 32.2. The van der Waals surface area contributed by atoms with Crippen LogP contribution in [0.2, 0.25) is 0 Å². The van der Waals surface area contributed by atoms with Crippen molar-refractivity contribution in [2.75, 3.05) is 18.4 Å². The van der Waals surface area contributed by atoms with Crippen LogP contribution in [-0.4, -0.2) is 37.9 Å². The van der Waals surface area contributed by atoms with Crippen LogP contribution in [0.4, 0.5) is 10.5 Å². The molecule has 6 nitrogen and oxygen atoms in total. The Morgan fingerprint density at radius 1 is 1.00 bits per heavy atom. The minimum Gasteiger partial charge on any atom is -0.335 e. The Hall–Kier alpha value is -2.38. The van der Waals surface area contributed by atoms with Crippen molar-refractivity contribution in [3.63, 3.8) is 0 Å². The molecule has 0 atom stereocenters. The number of anilines is 1. The molecule has 2 aromatic rings. The van der Waals surface area contributed by atoms with E-state index in [1.54, 1.807) is 25.1 Å². The van der Waals surface area contributed by atoms with Crippen molar-refractivity contribution in [3.8, 4) is 0 Å². The first-order valence-electron chi connectivity index (χ1n) is 8.65. The number of sulfonamides is 1. The number of amides is 2. The Kier molecular flexibility index (Phi) is 5.58. The maximum absolute atomic E-state index is 12.8. The minimum atomic E-state index is -3.49. The van der Waals surface area contributed by atoms with Crippen LogP contribution >= 0.6 is 0 Å². The molecule has 0 spiro atoms. The lowest BCUT2D eigenvalue weighted by Gasteiger charge is -2.32. The molecule has 26 heavy (non-hydrogen) atoms. The summed E-state index contributed by atoms with van der Waals surface area (Å²) in [4.78, 5) is 12.4. The van der Waals surface area contributed by atoms with E-state index >= 15 is 0 Å². The molecule has 1 aliphatic rings. The van der Waals surface area contributed by atoms with Crippen LogP contribution in [0.5, 0.6) is 0 Å². The predicted octanol–water partition coefficient (Wildman–Crippen LogP) is 2.97. The number of hydrogen-bond acceptors (Lipinski definition) is 3. The Morgan fingerprint density at radius 2 is 1.62 bits per heavy atom. The maximum atomic E-state index is 12.8. The van der Waals surface area contributed by atoms with Gasteiger partial charge in [-0.05, 0) is 43.5 Å². The summed E-state index contributed by atoms with van der Waals surface area (Å²) >= 11 is 0. The number of para-hydroxylation sites is 1. The van der Waals surface area contributed by atoms with E-state index in [1.165, 1.54) is 4.31 Å². The second-order valence-corrected chi connectivity index (χ2v) is 8.31. The average molecular weight is 373 g/mol. The largest absolute Gasteiger partial charge is 0.335 e. The van der Waals surface area contributed by atoms with Gasteiger partial charge in [-0.25, -0.2) is 13.2 Å². The SMILES string of the molecule is Cc1ccccc1S(=O)(=O)N1CCC(NC(=O)Nc2ccccc2)CC1. The van der Waals surface area contributed by atoms with Crippen molar-refractivity contribution in [1.82, 2.24) is 9.62 Å². The van der Waals surface area contributed by atoms with Crippen LogP contribution in [0.3, 0.4) is 0 Å². The zero-order valence-corrected chi connectivity index (χ0v) is 15.5. The van der Waals surface area contributed by atoms with Crippen molar-refractivity contribution in [3.05, 3.63) is 60.2 Å². The molecule has 138 valence electrons. The number of carbonyl (C=O) groups excluding carboxylic acids is 1. The highest BCUT2D eigenvalue weighted by Gasteiger charge is 2.30. The summed E-state index contributed by atoms with van der Waals surface area (Å²) in [6, 6.07) is 15.9. The van der Waals surface area contributed by atoms with Crippen molar-refractivity contribution in [2.45, 2.75) is 30.7 Å². The molecule has 3 rings (SSSR count). The van der Waals surface area contributed by atoms with Crippen LogP contribution in [0, 0.1) is 6.92 Å². The Balaban J connectivity index is 1.56. The summed E-state index contributed by atoms with van der Waals surface area (Å²) in [6.45, 7) is 2.59. The molecule has 0 saturated carbocycles. The first-order valence-corrected chi connectivity index (χ1v) is 10.1. The van der Waals surface area contributed by atoms with Crippen molar-refractivity contribution in [1.29, 1.82) is 0 Å². The van der Waals surface area contributed by atoms with E-state index in [-0.39, 0.29) is 12.1 Å². The molecule has 0 aliphatic carbocycles. The molecule has 2 N–H and O–H groups in total. The van der Waals surface area contributed by atoms with Crippen molar-refractivity contribution in [2.24, 2.45) is 0 Å². The third kappa shape index (κ3) is 4.23. The molecular formula is C19H23N3O3S. The van der Waals surface area contributed by atoms with Crippen LogP contribution in [0.15, 0.2) is 59.5 Å². The van der Waals surface area contributed by atoms with Crippen LogP contribution in [-0.2, 0) is 10.0 Å². The quantitative estimate of drug-likeness (QED) is 0.865. The first kappa shape index (κ1) is 18.4. The van der Waals surface area contributed by atoms with Gasteiger partial charge in [0.1, 0.15) is 0 Å². The second kappa shape index (κ2) is 7.88. The first-order chi connectivity index (χ1) is 12.5. The molecular weight excluding hydrogens is 350 g/mol. The second-order valence-electron chi connectivity index (χ2n) is 6.41. The molecule has 1 fully saturated rings. The molecule has 2 amide bonds. The number of carbonyl (C=O) groups is 1. The lowest BCUT2D eigenvalue weighted by molar-refractivity contribution is 0.238. The molecule has 1 saturated heterocycles. The number of urea groups is 1. The standard InChI is InChI=1S/C19H23N3O3S/c1-15-7-5-6-10-18(15)26(24,25)22-13-11-17(12-14-22)21-19(23)20-16-8-3-2-4-9-16/h2-10,17H,11-14H2,1H3,(H2,20,21,23). The topological polar surface area (TPSA) is 78.5 Å². The van der Waals surface area contributed by atoms with Gasteiger partial charge in [-0.1, -0.05) is 36.4 Å². The summed E-state index contributed by atoms with van der Waals surface area (Å²) in [5.41, 5.74) is 1.47. The number of rotatable bonds is 4. The molecule has 7 heteroatoms. The van der Waals surface area contributed by atoms with Crippen LogP contribution in [0.25, 0.3) is 0 Å². The normalized spacial score (nSPS) is 16.2. The molecule has 2 aromatic carbocycles. The number of nitrogens with one attached hydrogen (secondary N) is 2. The highest BCUT2D eigenvalue weighted by molar-refractivity contribution is 7.89. The summed E-state index contributed by atoms with van der Waals surface area (Å²) in [5, 5.41) is 5.70. The van der Waals surface area contributed by atoms with E-state index in [0.717, 1.165) is 11.3 Å². The van der Waals surface area contributed by atoms with Gasteiger partial charge in [-0.15, -0.1) is 0 Å². The maximum Gasteiger partial charge on any atom is 0.319 e. The lowest BCUT2D eigenvalue weighted by atomic mass is 10.1. The molecule has 1 heterocycles. The van der Waals surface area contributed by atoms with E-state index in [2.05, 4.69) is 10.6 Å². The van der Waals surface area contributed by atoms with Crippen molar-refractivity contribution < 1.29 is 13.2 Å². The molecule has 0 bridgehead atoms. The molecule has 0 radical (unpaired) electrons. The van der Waals surface area contributed by atoms with Crippen LogP contribution in [0.1, 0.15) is 18.4 Å². The average Bonchev–Trinajstić information content (AvgIpc) is 2.63. The summed E-state index contributed by atoms with van der Waals surface area (Å²) in [7, 11) is -3.49. The number of piperidine rings is 1. The fourth-order valence-electron chi connectivity index (χ4n) is 3.10. The smallest absolute Gasteiger partial charge is 0.319 e. The van der Waals surface area contributed by atoms with E-state index < -0.39 is 10.0 Å². The minimum absolute atomic E-state index is 0.0398. The zero-order valence-electron chi connectivity index (χ0n) is 14.7. The Labute approximate surface area is 154 Å². The monoisotopic (exact) mass is 373 g/mol. The van der Waals surface area contributed by atoms with E-state index in [1.807, 2.05) is 36.4 Å². The third-order valence-corrected chi connectivity index (χ3v) is 6.59. The summed E-state index contributed by atoms with van der Waals surface area (Å²) in [6.07, 6.45) is 1.18. The number of nitrogens with zero attached hydrogens (tertiary/aromatic N) is 1. The fourth-order valence-corrected chi connectivity index (χ4v) is 4.79. The van der Waals surface area contributed by atoms with Gasteiger partial charge in [0, 0.05) is 24.8 Å². The third-order valence-electron chi connectivity index (χ3n) is 4.53. The van der Waals surface area contributed by atoms with E-state index in [4.69, 9.17) is 0 Å². The zero-order chi connectivity index (χ0) is 18.6. The van der Waals surface area contributed by atoms with Gasteiger partial charge in [-0.3, -0.25) is 0 Å². The lowest BCUT2D eigenvalue weighted by Crippen LogP contribution is -2.47. The van der Waals surface area contributed by atoms with E-state index in [9.17, 15) is 13.2 Å². The summed E-state index contributed by atoms with van der Waals surface area (Å²) < 4.78 is 27.1. The van der Waals surface area contributed by atoms with Gasteiger partial charge in [0.25, 0.3) is 0 Å². The van der Waals surface area contributed by atoms with Gasteiger partial charge in [0.15, 0.2) is 0 Å². The number of benzene rings is 2.